The predicted molar refractivity (Wildman–Crippen MR) is 107 cm³/mol. The predicted octanol–water partition coefficient (Wildman–Crippen LogP) is 4.00. The highest BCUT2D eigenvalue weighted by Gasteiger charge is 2.39. The normalized spacial score (nSPS) is 21.9. The highest BCUT2D eigenvalue weighted by molar-refractivity contribution is 8.15. The van der Waals surface area contributed by atoms with Crippen LogP contribution in [-0.2, 0) is 12.0 Å². The zero-order valence-electron chi connectivity index (χ0n) is 15.0. The van der Waals surface area contributed by atoms with E-state index in [4.69, 9.17) is 17.3 Å². The first-order valence-electron chi connectivity index (χ1n) is 8.30. The monoisotopic (exact) mass is 388 g/mol. The number of rotatable bonds is 4. The van der Waals surface area contributed by atoms with E-state index in [0.29, 0.717) is 15.9 Å². The van der Waals surface area contributed by atoms with Gasteiger partial charge in [-0.1, -0.05) is 37.2 Å². The van der Waals surface area contributed by atoms with Crippen LogP contribution in [0.3, 0.4) is 0 Å². The minimum atomic E-state index is -0.455. The Labute approximate surface area is 162 Å². The Morgan fingerprint density at radius 1 is 1.27 bits per heavy atom. The summed E-state index contributed by atoms with van der Waals surface area (Å²) in [6.45, 7) is 6.37. The van der Waals surface area contributed by atoms with Crippen LogP contribution in [0.25, 0.3) is 0 Å². The van der Waals surface area contributed by atoms with E-state index in [1.54, 1.807) is 36.3 Å². The number of aliphatic imine (C=N–C) groups is 1. The van der Waals surface area contributed by atoms with Crippen molar-refractivity contribution < 1.29 is 4.79 Å². The first kappa shape index (κ1) is 18.9. The number of nitrogens with zero attached hydrogens (tertiary/aromatic N) is 3. The number of ketones is 1. The van der Waals surface area contributed by atoms with Crippen LogP contribution >= 0.6 is 23.4 Å². The van der Waals surface area contributed by atoms with Crippen molar-refractivity contribution in [3.63, 3.8) is 0 Å². The summed E-state index contributed by atoms with van der Waals surface area (Å²) in [5.41, 5.74) is 7.78. The molecule has 3 heterocycles. The number of hydrogen-bond acceptors (Lipinski definition) is 6. The summed E-state index contributed by atoms with van der Waals surface area (Å²) < 4.78 is -0.0143. The van der Waals surface area contributed by atoms with Crippen molar-refractivity contribution in [2.24, 2.45) is 10.7 Å². The maximum Gasteiger partial charge on any atom is 0.185 e. The number of carbonyl (C=O) groups is 1. The molecule has 0 bridgehead atoms. The van der Waals surface area contributed by atoms with Gasteiger partial charge in [0.25, 0.3) is 0 Å². The van der Waals surface area contributed by atoms with Gasteiger partial charge in [-0.3, -0.25) is 19.8 Å². The molecule has 0 aromatic carbocycles. The van der Waals surface area contributed by atoms with Crippen LogP contribution in [0.5, 0.6) is 0 Å². The molecule has 2 N–H and O–H groups in total. The molecule has 136 valence electrons. The Hall–Kier alpha value is -1.92. The lowest BCUT2D eigenvalue weighted by atomic mass is 9.84. The molecule has 0 fully saturated rings. The van der Waals surface area contributed by atoms with Gasteiger partial charge in [-0.15, -0.1) is 0 Å². The van der Waals surface area contributed by atoms with Gasteiger partial charge in [-0.2, -0.15) is 0 Å². The largest absolute Gasteiger partial charge is 0.378 e. The number of thioether (sulfide) groups is 1. The van der Waals surface area contributed by atoms with Gasteiger partial charge in [0, 0.05) is 29.8 Å². The van der Waals surface area contributed by atoms with Gasteiger partial charge >= 0.3 is 0 Å². The summed E-state index contributed by atoms with van der Waals surface area (Å²) >= 11 is 7.41. The SMILES string of the molecule is CC1(C)C[C@@](C)(c2cncc(CC(=O)c3ccc(Cl)cn3)c2)N=C(N)S1. The fourth-order valence-electron chi connectivity index (χ4n) is 3.32. The summed E-state index contributed by atoms with van der Waals surface area (Å²) in [5.74, 6) is -0.0756. The fraction of sp³-hybridized carbons (Fsp3) is 0.368. The number of nitrogens with two attached hydrogens (primary N) is 1. The quantitative estimate of drug-likeness (QED) is 0.800. The van der Waals surface area contributed by atoms with Gasteiger partial charge in [0.1, 0.15) is 5.69 Å². The molecule has 0 radical (unpaired) electrons. The molecule has 0 spiro atoms. The van der Waals surface area contributed by atoms with E-state index >= 15 is 0 Å². The zero-order chi connectivity index (χ0) is 18.9. The Morgan fingerprint density at radius 2 is 2.04 bits per heavy atom. The molecule has 0 unspecified atom stereocenters. The molecule has 2 aromatic rings. The summed E-state index contributed by atoms with van der Waals surface area (Å²) in [6, 6.07) is 5.29. The molecule has 1 aliphatic heterocycles. The van der Waals surface area contributed by atoms with Gasteiger partial charge < -0.3 is 5.73 Å². The van der Waals surface area contributed by atoms with E-state index in [-0.39, 0.29) is 17.0 Å². The molecule has 3 rings (SSSR count). The number of hydrogen-bond donors (Lipinski definition) is 1. The number of aromatic nitrogens is 2. The van der Waals surface area contributed by atoms with Gasteiger partial charge in [0.05, 0.1) is 10.6 Å². The minimum absolute atomic E-state index is 0.0143. The van der Waals surface area contributed by atoms with E-state index in [1.807, 2.05) is 6.07 Å². The van der Waals surface area contributed by atoms with Crippen molar-refractivity contribution in [2.75, 3.05) is 0 Å². The average molecular weight is 389 g/mol. The number of amidine groups is 1. The molecule has 7 heteroatoms. The van der Waals surface area contributed by atoms with Crippen molar-refractivity contribution in [1.29, 1.82) is 0 Å². The van der Waals surface area contributed by atoms with Gasteiger partial charge in [-0.25, -0.2) is 0 Å². The topological polar surface area (TPSA) is 81.2 Å². The van der Waals surface area contributed by atoms with Crippen molar-refractivity contribution >= 4 is 34.3 Å². The van der Waals surface area contributed by atoms with Gasteiger partial charge in [0.15, 0.2) is 11.0 Å². The third-order valence-electron chi connectivity index (χ3n) is 4.30. The second kappa shape index (κ2) is 7.00. The summed E-state index contributed by atoms with van der Waals surface area (Å²) in [7, 11) is 0. The molecule has 1 atom stereocenters. The molecule has 0 aliphatic carbocycles. The number of halogens is 1. The van der Waals surface area contributed by atoms with Crippen molar-refractivity contribution in [1.82, 2.24) is 9.97 Å². The number of carbonyl (C=O) groups excluding carboxylic acids is 1. The lowest BCUT2D eigenvalue weighted by Gasteiger charge is -2.39. The maximum atomic E-state index is 12.5. The maximum absolute atomic E-state index is 12.5. The zero-order valence-corrected chi connectivity index (χ0v) is 16.6. The van der Waals surface area contributed by atoms with Crippen molar-refractivity contribution in [3.8, 4) is 0 Å². The molecule has 0 saturated carbocycles. The van der Waals surface area contributed by atoms with E-state index in [9.17, 15) is 4.79 Å². The Bertz CT molecular complexity index is 866. The second-order valence-corrected chi connectivity index (χ2v) is 9.47. The fourth-order valence-corrected chi connectivity index (χ4v) is 4.59. The van der Waals surface area contributed by atoms with Crippen LogP contribution in [0, 0.1) is 0 Å². The highest BCUT2D eigenvalue weighted by atomic mass is 35.5. The molecule has 26 heavy (non-hydrogen) atoms. The Morgan fingerprint density at radius 3 is 2.69 bits per heavy atom. The first-order valence-corrected chi connectivity index (χ1v) is 9.50. The average Bonchev–Trinajstić information content (AvgIpc) is 2.53. The van der Waals surface area contributed by atoms with Crippen molar-refractivity contribution in [2.45, 2.75) is 43.9 Å². The molecular weight excluding hydrogens is 368 g/mol. The van der Waals surface area contributed by atoms with Crippen LogP contribution in [0.4, 0.5) is 0 Å². The minimum Gasteiger partial charge on any atom is -0.378 e. The standard InChI is InChI=1S/C19H21ClN4OS/c1-18(2)11-19(3,24-17(21)26-18)13-6-12(8-22-9-13)7-16(25)15-5-4-14(20)10-23-15/h4-6,8-10H,7,11H2,1-3H3,(H2,21,24)/t19-/m0/s1. The van der Waals surface area contributed by atoms with Crippen LogP contribution < -0.4 is 5.73 Å². The Balaban J connectivity index is 1.85. The van der Waals surface area contributed by atoms with Crippen LogP contribution in [0.2, 0.25) is 5.02 Å². The van der Waals surface area contributed by atoms with Crippen LogP contribution in [0.1, 0.15) is 48.8 Å². The molecular formula is C19H21ClN4OS. The highest BCUT2D eigenvalue weighted by Crippen LogP contribution is 2.44. The summed E-state index contributed by atoms with van der Waals surface area (Å²) in [5, 5.41) is 1.09. The number of pyridine rings is 2. The third-order valence-corrected chi connectivity index (χ3v) is 5.52. The smallest absolute Gasteiger partial charge is 0.185 e. The summed E-state index contributed by atoms with van der Waals surface area (Å²) in [4.78, 5) is 25.6. The second-order valence-electron chi connectivity index (χ2n) is 7.31. The first-order chi connectivity index (χ1) is 12.2. The van der Waals surface area contributed by atoms with Crippen LogP contribution in [-0.4, -0.2) is 25.7 Å². The molecule has 0 amide bonds. The third kappa shape index (κ3) is 4.24. The van der Waals surface area contributed by atoms with E-state index in [0.717, 1.165) is 17.5 Å². The molecule has 1 aliphatic rings. The molecule has 5 nitrogen and oxygen atoms in total. The van der Waals surface area contributed by atoms with Crippen molar-refractivity contribution in [3.05, 3.63) is 58.6 Å². The van der Waals surface area contributed by atoms with E-state index < -0.39 is 5.54 Å². The van der Waals surface area contributed by atoms with Crippen LogP contribution in [0.15, 0.2) is 41.8 Å². The van der Waals surface area contributed by atoms with Gasteiger partial charge in [-0.05, 0) is 42.7 Å². The van der Waals surface area contributed by atoms with Gasteiger partial charge in [0.2, 0.25) is 0 Å². The Kier molecular flexibility index (Phi) is 5.08. The lowest BCUT2D eigenvalue weighted by Crippen LogP contribution is -2.38. The molecule has 0 saturated heterocycles. The van der Waals surface area contributed by atoms with E-state index in [1.165, 1.54) is 6.20 Å². The van der Waals surface area contributed by atoms with E-state index in [2.05, 4.69) is 35.7 Å². The lowest BCUT2D eigenvalue weighted by molar-refractivity contribution is 0.0988. The number of Topliss-reactive ketones (excluding diaryl/α,β-unsaturated/α-hetero) is 1. The molecule has 2 aromatic heterocycles. The summed E-state index contributed by atoms with van der Waals surface area (Å²) in [6.07, 6.45) is 6.05.